The van der Waals surface area contributed by atoms with Crippen LogP contribution in [0.4, 0.5) is 0 Å². The minimum atomic E-state index is 0.483. The van der Waals surface area contributed by atoms with Gasteiger partial charge in [-0.3, -0.25) is 4.99 Å². The Morgan fingerprint density at radius 2 is 2.40 bits per heavy atom. The first-order valence-corrected chi connectivity index (χ1v) is 3.50. The zero-order valence-corrected chi connectivity index (χ0v) is 6.41. The molecule has 3 heteroatoms. The van der Waals surface area contributed by atoms with Gasteiger partial charge in [0, 0.05) is 24.7 Å². The normalized spacial score (nSPS) is 16.9. The fourth-order valence-electron chi connectivity index (χ4n) is 0.803. The highest BCUT2D eigenvalue weighted by atomic mass is 15.5. The largest absolute Gasteiger partial charge is 0.309 e. The van der Waals surface area contributed by atoms with Crippen molar-refractivity contribution in [2.24, 2.45) is 4.99 Å². The van der Waals surface area contributed by atoms with Crippen molar-refractivity contribution in [2.45, 2.75) is 19.9 Å². The van der Waals surface area contributed by atoms with Gasteiger partial charge in [0.15, 0.2) is 0 Å². The van der Waals surface area contributed by atoms with Crippen LogP contribution in [0.15, 0.2) is 17.4 Å². The highest BCUT2D eigenvalue weighted by Gasteiger charge is 1.99. The number of rotatable bonds is 2. The Kier molecular flexibility index (Phi) is 2.45. The fourth-order valence-corrected chi connectivity index (χ4v) is 0.803. The van der Waals surface area contributed by atoms with Crippen molar-refractivity contribution in [3.05, 3.63) is 12.4 Å². The molecule has 3 nitrogen and oxygen atoms in total. The molecule has 0 aromatic heterocycles. The van der Waals surface area contributed by atoms with Gasteiger partial charge < -0.3 is 5.01 Å². The molecule has 0 bridgehead atoms. The van der Waals surface area contributed by atoms with E-state index in [4.69, 9.17) is 0 Å². The van der Waals surface area contributed by atoms with E-state index in [1.165, 1.54) is 0 Å². The maximum Gasteiger partial charge on any atom is 0.0691 e. The molecular weight excluding hydrogens is 126 g/mol. The lowest BCUT2D eigenvalue weighted by molar-refractivity contribution is 0.272. The molecule has 0 atom stereocenters. The summed E-state index contributed by atoms with van der Waals surface area (Å²) in [4.78, 5) is 3.95. The molecule has 0 saturated carbocycles. The predicted molar refractivity (Wildman–Crippen MR) is 42.6 cm³/mol. The van der Waals surface area contributed by atoms with E-state index >= 15 is 0 Å². The standard InChI is InChI=1S/C7H13N3/c1-7(2)9-10-5-3-8-4-6-10/h3-5,7,9H,6H2,1-2H3. The lowest BCUT2D eigenvalue weighted by Crippen LogP contribution is -2.40. The van der Waals surface area contributed by atoms with Crippen molar-refractivity contribution in [1.82, 2.24) is 10.4 Å². The Morgan fingerprint density at radius 1 is 1.60 bits per heavy atom. The molecule has 0 fully saturated rings. The quantitative estimate of drug-likeness (QED) is 0.611. The van der Waals surface area contributed by atoms with Crippen LogP contribution in [0, 0.1) is 0 Å². The molecule has 0 radical (unpaired) electrons. The van der Waals surface area contributed by atoms with Gasteiger partial charge in [-0.15, -0.1) is 0 Å². The minimum Gasteiger partial charge on any atom is -0.309 e. The third kappa shape index (κ3) is 2.19. The number of nitrogens with one attached hydrogen (secondary N) is 1. The predicted octanol–water partition coefficient (Wildman–Crippen LogP) is 0.757. The van der Waals surface area contributed by atoms with Crippen LogP contribution < -0.4 is 5.43 Å². The maximum atomic E-state index is 3.95. The summed E-state index contributed by atoms with van der Waals surface area (Å²) in [5.41, 5.74) is 3.24. The van der Waals surface area contributed by atoms with Gasteiger partial charge in [0.25, 0.3) is 0 Å². The first-order chi connectivity index (χ1) is 4.79. The van der Waals surface area contributed by atoms with E-state index in [1.54, 1.807) is 6.20 Å². The molecule has 0 aromatic rings. The highest BCUT2D eigenvalue weighted by Crippen LogP contribution is 1.91. The van der Waals surface area contributed by atoms with Crippen LogP contribution in [-0.2, 0) is 0 Å². The van der Waals surface area contributed by atoms with E-state index in [0.29, 0.717) is 6.04 Å². The molecule has 1 aliphatic rings. The average Bonchev–Trinajstić information content (AvgIpc) is 1.88. The molecule has 0 aromatic carbocycles. The molecule has 0 spiro atoms. The molecule has 0 saturated heterocycles. The third-order valence-electron chi connectivity index (χ3n) is 1.14. The zero-order chi connectivity index (χ0) is 7.40. The molecule has 1 rings (SSSR count). The summed E-state index contributed by atoms with van der Waals surface area (Å²) in [6, 6.07) is 0.483. The van der Waals surface area contributed by atoms with Gasteiger partial charge in [0.2, 0.25) is 0 Å². The first kappa shape index (κ1) is 7.28. The van der Waals surface area contributed by atoms with Crippen LogP contribution in [0.3, 0.4) is 0 Å². The number of hydrogen-bond donors (Lipinski definition) is 1. The molecule has 0 amide bonds. The Labute approximate surface area is 61.4 Å². The second kappa shape index (κ2) is 3.37. The number of nitrogens with zero attached hydrogens (tertiary/aromatic N) is 2. The first-order valence-electron chi connectivity index (χ1n) is 3.50. The van der Waals surface area contributed by atoms with E-state index in [0.717, 1.165) is 6.54 Å². The monoisotopic (exact) mass is 139 g/mol. The van der Waals surface area contributed by atoms with Crippen LogP contribution in [0.25, 0.3) is 0 Å². The molecule has 0 aliphatic carbocycles. The van der Waals surface area contributed by atoms with E-state index in [2.05, 4.69) is 24.3 Å². The second-order valence-corrected chi connectivity index (χ2v) is 2.57. The third-order valence-corrected chi connectivity index (χ3v) is 1.14. The molecule has 1 heterocycles. The summed E-state index contributed by atoms with van der Waals surface area (Å²) in [5, 5.41) is 2.01. The molecule has 1 N–H and O–H groups in total. The number of aliphatic imine (C=N–C) groups is 1. The van der Waals surface area contributed by atoms with E-state index < -0.39 is 0 Å². The number of hydrogen-bond acceptors (Lipinski definition) is 3. The zero-order valence-electron chi connectivity index (χ0n) is 6.41. The lowest BCUT2D eigenvalue weighted by atomic mass is 10.4. The highest BCUT2D eigenvalue weighted by molar-refractivity contribution is 5.61. The van der Waals surface area contributed by atoms with Gasteiger partial charge in [0.1, 0.15) is 0 Å². The van der Waals surface area contributed by atoms with Crippen molar-refractivity contribution < 1.29 is 0 Å². The van der Waals surface area contributed by atoms with Crippen LogP contribution in [0.1, 0.15) is 13.8 Å². The maximum absolute atomic E-state index is 3.95. The Hall–Kier alpha value is -0.830. The molecular formula is C7H13N3. The summed E-state index contributed by atoms with van der Waals surface area (Å²) >= 11 is 0. The fraction of sp³-hybridized carbons (Fsp3) is 0.571. The van der Waals surface area contributed by atoms with Gasteiger partial charge in [-0.25, -0.2) is 5.43 Å². The van der Waals surface area contributed by atoms with Crippen molar-refractivity contribution in [1.29, 1.82) is 0 Å². The van der Waals surface area contributed by atoms with Gasteiger partial charge in [-0.1, -0.05) is 0 Å². The summed E-state index contributed by atoms with van der Waals surface area (Å²) < 4.78 is 0. The van der Waals surface area contributed by atoms with Crippen molar-refractivity contribution >= 4 is 6.21 Å². The summed E-state index contributed by atoms with van der Waals surface area (Å²) in [6.07, 6.45) is 5.58. The smallest absolute Gasteiger partial charge is 0.0691 e. The molecule has 56 valence electrons. The SMILES string of the molecule is CC(C)NN1C=CN=CC1. The van der Waals surface area contributed by atoms with Gasteiger partial charge in [-0.2, -0.15) is 0 Å². The second-order valence-electron chi connectivity index (χ2n) is 2.57. The van der Waals surface area contributed by atoms with Crippen molar-refractivity contribution in [2.75, 3.05) is 6.54 Å². The summed E-state index contributed by atoms with van der Waals surface area (Å²) in [7, 11) is 0. The summed E-state index contributed by atoms with van der Waals surface area (Å²) in [6.45, 7) is 5.08. The summed E-state index contributed by atoms with van der Waals surface area (Å²) in [5.74, 6) is 0. The van der Waals surface area contributed by atoms with E-state index in [1.807, 2.05) is 17.4 Å². The van der Waals surface area contributed by atoms with E-state index in [9.17, 15) is 0 Å². The van der Waals surface area contributed by atoms with Gasteiger partial charge >= 0.3 is 0 Å². The topological polar surface area (TPSA) is 27.6 Å². The van der Waals surface area contributed by atoms with Crippen LogP contribution in [0.2, 0.25) is 0 Å². The van der Waals surface area contributed by atoms with Gasteiger partial charge in [-0.05, 0) is 13.8 Å². The Bertz CT molecular complexity index is 149. The Balaban J connectivity index is 2.30. The lowest BCUT2D eigenvalue weighted by Gasteiger charge is -2.23. The van der Waals surface area contributed by atoms with Crippen molar-refractivity contribution in [3.8, 4) is 0 Å². The molecule has 1 aliphatic heterocycles. The van der Waals surface area contributed by atoms with E-state index in [-0.39, 0.29) is 0 Å². The number of hydrazine groups is 1. The van der Waals surface area contributed by atoms with Crippen LogP contribution in [-0.4, -0.2) is 23.8 Å². The van der Waals surface area contributed by atoms with Crippen LogP contribution in [0.5, 0.6) is 0 Å². The molecule has 10 heavy (non-hydrogen) atoms. The minimum absolute atomic E-state index is 0.483. The Morgan fingerprint density at radius 3 is 2.90 bits per heavy atom. The average molecular weight is 139 g/mol. The van der Waals surface area contributed by atoms with Crippen LogP contribution >= 0.6 is 0 Å². The van der Waals surface area contributed by atoms with Crippen molar-refractivity contribution in [3.63, 3.8) is 0 Å². The molecule has 0 unspecified atom stereocenters. The van der Waals surface area contributed by atoms with Gasteiger partial charge in [0.05, 0.1) is 6.54 Å².